The number of pyridine rings is 2. The van der Waals surface area contributed by atoms with Gasteiger partial charge >= 0.3 is 12.4 Å². The molecule has 0 aliphatic carbocycles. The lowest BCUT2D eigenvalue weighted by atomic mass is 10.2. The lowest BCUT2D eigenvalue weighted by molar-refractivity contribution is -0.138. The second-order valence-corrected chi connectivity index (χ2v) is 17.3. The molecule has 6 aromatic rings. The third-order valence-electron chi connectivity index (χ3n) is 7.30. The molecule has 0 atom stereocenters. The lowest BCUT2D eigenvalue weighted by Gasteiger charge is -2.13. The Morgan fingerprint density at radius 2 is 1.11 bits per heavy atom. The zero-order valence-electron chi connectivity index (χ0n) is 30.4. The first-order valence-electron chi connectivity index (χ1n) is 16.3. The Hall–Kier alpha value is -6.00. The molecule has 3 N–H and O–H groups in total. The van der Waals surface area contributed by atoms with Crippen molar-refractivity contribution in [2.24, 2.45) is 0 Å². The van der Waals surface area contributed by atoms with Gasteiger partial charge in [0.1, 0.15) is 40.0 Å². The van der Waals surface area contributed by atoms with Crippen molar-refractivity contribution in [2.75, 3.05) is 10.5 Å². The van der Waals surface area contributed by atoms with Crippen LogP contribution in [0.15, 0.2) is 126 Å². The smallest absolute Gasteiger partial charge is 0.416 e. The predicted octanol–water partition coefficient (Wildman–Crippen LogP) is 11.5. The normalized spacial score (nSPS) is 11.4. The molecule has 62 heavy (non-hydrogen) atoms. The van der Waals surface area contributed by atoms with Gasteiger partial charge in [0.25, 0.3) is 19.1 Å². The van der Waals surface area contributed by atoms with E-state index in [1.165, 1.54) is 49.1 Å². The molecule has 322 valence electrons. The average molecular weight is 979 g/mol. The Labute approximate surface area is 368 Å². The van der Waals surface area contributed by atoms with Crippen molar-refractivity contribution >= 4 is 75.9 Å². The molecule has 0 unspecified atom stereocenters. The third-order valence-corrected chi connectivity index (χ3v) is 11.0. The van der Waals surface area contributed by atoms with Crippen LogP contribution in [0.5, 0.6) is 23.0 Å². The Morgan fingerprint density at radius 1 is 0.629 bits per heavy atom. The van der Waals surface area contributed by atoms with E-state index in [9.17, 15) is 48.4 Å². The minimum Gasteiger partial charge on any atom is -0.454 e. The number of hydrogen-bond donors (Lipinski definition) is 2. The van der Waals surface area contributed by atoms with Gasteiger partial charge in [0, 0.05) is 40.9 Å². The van der Waals surface area contributed by atoms with Gasteiger partial charge in [0.05, 0.1) is 60.3 Å². The van der Waals surface area contributed by atoms with E-state index in [-0.39, 0.29) is 27.6 Å². The number of alkyl halides is 6. The van der Waals surface area contributed by atoms with E-state index in [1.54, 1.807) is 24.3 Å². The van der Waals surface area contributed by atoms with Crippen LogP contribution < -0.4 is 19.9 Å². The molecule has 0 amide bonds. The fourth-order valence-corrected chi connectivity index (χ4v) is 7.25. The summed E-state index contributed by atoms with van der Waals surface area (Å²) in [6.45, 7) is 0. The zero-order valence-corrected chi connectivity index (χ0v) is 35.0. The molecule has 0 aliphatic heterocycles. The van der Waals surface area contributed by atoms with Crippen LogP contribution in [0.3, 0.4) is 0 Å². The highest BCUT2D eigenvalue weighted by Gasteiger charge is 2.32. The average Bonchev–Trinajstić information content (AvgIpc) is 3.18. The standard InChI is InChI=1S/C19H10Cl2F3N3O3S.C12H8ClN3O.C7H4ClF3O2S/c20-13-7-15(10-26-9-13)30-17-3-2-14(5-11(17)8-25)27-31(28,29)18-4-1-12(6-16(18)21)19(22,23)24;13-9-4-11(7-16-6-9)17-12-2-1-10(15)3-8(12)5-14;8-14(12,13)6-3-1-5(2-4-6)7(9,10)11/h1-7,9-10,27H;1-4,6-7H,15H2;1-4H. The molecular weight excluding hydrogens is 956 g/mol. The predicted molar refractivity (Wildman–Crippen MR) is 217 cm³/mol. The number of benzene rings is 4. The first-order valence-corrected chi connectivity index (χ1v) is 21.2. The van der Waals surface area contributed by atoms with Crippen LogP contribution in [0.25, 0.3) is 0 Å². The maximum atomic E-state index is 12.8. The van der Waals surface area contributed by atoms with E-state index in [0.29, 0.717) is 57.1 Å². The van der Waals surface area contributed by atoms with E-state index in [2.05, 4.69) is 14.7 Å². The molecule has 2 aromatic heterocycles. The summed E-state index contributed by atoms with van der Waals surface area (Å²) >= 11 is 17.4. The second-order valence-electron chi connectivity index (χ2n) is 11.8. The van der Waals surface area contributed by atoms with Gasteiger partial charge in [-0.3, -0.25) is 14.7 Å². The minimum atomic E-state index is -4.67. The molecule has 12 nitrogen and oxygen atoms in total. The minimum absolute atomic E-state index is 0.0151. The Bertz CT molecular complexity index is 2900. The van der Waals surface area contributed by atoms with Crippen LogP contribution in [0.1, 0.15) is 22.3 Å². The molecule has 0 radical (unpaired) electrons. The van der Waals surface area contributed by atoms with Crippen molar-refractivity contribution in [3.63, 3.8) is 0 Å². The number of hydrogen-bond acceptors (Lipinski definition) is 11. The summed E-state index contributed by atoms with van der Waals surface area (Å²) in [4.78, 5) is 6.83. The van der Waals surface area contributed by atoms with E-state index in [1.807, 2.05) is 12.1 Å². The number of nitriles is 2. The highest BCUT2D eigenvalue weighted by atomic mass is 35.7. The Morgan fingerprint density at radius 3 is 1.56 bits per heavy atom. The monoisotopic (exact) mass is 976 g/mol. The fraction of sp³-hybridized carbons (Fsp3) is 0.0526. The molecule has 4 aromatic carbocycles. The van der Waals surface area contributed by atoms with Gasteiger partial charge in [0.15, 0.2) is 0 Å². The van der Waals surface area contributed by atoms with E-state index < -0.39 is 52.5 Å². The highest BCUT2D eigenvalue weighted by Crippen LogP contribution is 2.35. The molecule has 0 bridgehead atoms. The highest BCUT2D eigenvalue weighted by molar-refractivity contribution is 8.13. The van der Waals surface area contributed by atoms with Crippen LogP contribution in [0, 0.1) is 22.7 Å². The molecule has 0 fully saturated rings. The molecule has 6 rings (SSSR count). The maximum Gasteiger partial charge on any atom is 0.416 e. The van der Waals surface area contributed by atoms with Crippen LogP contribution >= 0.6 is 45.5 Å². The molecule has 2 heterocycles. The van der Waals surface area contributed by atoms with Crippen molar-refractivity contribution < 1.29 is 52.7 Å². The van der Waals surface area contributed by atoms with Gasteiger partial charge in [-0.15, -0.1) is 0 Å². The fourth-order valence-electron chi connectivity index (χ4n) is 4.56. The summed E-state index contributed by atoms with van der Waals surface area (Å²) in [7, 11) is -3.38. The number of aromatic nitrogens is 2. The number of ether oxygens (including phenoxy) is 2. The lowest BCUT2D eigenvalue weighted by Crippen LogP contribution is -2.14. The number of halogens is 10. The van der Waals surface area contributed by atoms with Gasteiger partial charge in [-0.1, -0.05) is 34.8 Å². The number of nitrogens with two attached hydrogens (primary N) is 1. The molecular formula is C38H22Cl4F6N6O6S2. The molecule has 24 heteroatoms. The summed E-state index contributed by atoms with van der Waals surface area (Å²) in [6, 6.07) is 20.5. The second kappa shape index (κ2) is 20.2. The van der Waals surface area contributed by atoms with Gasteiger partial charge in [-0.25, -0.2) is 16.8 Å². The number of nitrogens with zero attached hydrogens (tertiary/aromatic N) is 4. The first-order chi connectivity index (χ1) is 28.9. The van der Waals surface area contributed by atoms with Crippen molar-refractivity contribution in [3.05, 3.63) is 153 Å². The molecule has 0 spiro atoms. The first kappa shape index (κ1) is 48.7. The number of sulfonamides is 1. The number of anilines is 2. The van der Waals surface area contributed by atoms with Crippen LogP contribution in [0.4, 0.5) is 37.7 Å². The van der Waals surface area contributed by atoms with Gasteiger partial charge < -0.3 is 15.2 Å². The van der Waals surface area contributed by atoms with Crippen LogP contribution in [-0.2, 0) is 31.4 Å². The molecule has 0 saturated heterocycles. The number of nitrogen functional groups attached to an aromatic ring is 1. The van der Waals surface area contributed by atoms with Crippen molar-refractivity contribution in [2.45, 2.75) is 22.1 Å². The third kappa shape index (κ3) is 14.0. The van der Waals surface area contributed by atoms with Crippen LogP contribution in [0.2, 0.25) is 15.1 Å². The van der Waals surface area contributed by atoms with E-state index >= 15 is 0 Å². The molecule has 0 saturated carbocycles. The Balaban J connectivity index is 0.000000228. The SMILES string of the molecule is N#Cc1cc(N)ccc1Oc1cncc(Cl)c1.N#Cc1cc(NS(=O)(=O)c2ccc(C(F)(F)F)cc2Cl)ccc1Oc1cncc(Cl)c1.O=S(=O)(Cl)c1ccc(C(F)(F)F)cc1. The number of nitrogens with one attached hydrogen (secondary N) is 1. The van der Waals surface area contributed by atoms with Crippen molar-refractivity contribution in [3.8, 4) is 35.1 Å². The van der Waals surface area contributed by atoms with E-state index in [4.69, 9.17) is 66.0 Å². The summed E-state index contributed by atoms with van der Waals surface area (Å²) in [5.41, 5.74) is 4.42. The summed E-state index contributed by atoms with van der Waals surface area (Å²) in [6.07, 6.45) is -3.36. The van der Waals surface area contributed by atoms with E-state index in [0.717, 1.165) is 18.2 Å². The van der Waals surface area contributed by atoms with Gasteiger partial charge in [-0.05, 0) is 78.9 Å². The van der Waals surface area contributed by atoms with Crippen molar-refractivity contribution in [1.82, 2.24) is 9.97 Å². The topological polar surface area (TPSA) is 198 Å². The summed E-state index contributed by atoms with van der Waals surface area (Å²) in [5, 5.41) is 18.5. The maximum absolute atomic E-state index is 12.8. The summed E-state index contributed by atoms with van der Waals surface area (Å²) < 4.78 is 134. The van der Waals surface area contributed by atoms with Gasteiger partial charge in [0.2, 0.25) is 0 Å². The van der Waals surface area contributed by atoms with Crippen molar-refractivity contribution in [1.29, 1.82) is 10.5 Å². The summed E-state index contributed by atoms with van der Waals surface area (Å²) in [5.74, 6) is 1.26. The largest absolute Gasteiger partial charge is 0.454 e. The quantitative estimate of drug-likeness (QED) is 0.0836. The van der Waals surface area contributed by atoms with Gasteiger partial charge in [-0.2, -0.15) is 36.9 Å². The van der Waals surface area contributed by atoms with Crippen LogP contribution in [-0.4, -0.2) is 26.8 Å². The molecule has 0 aliphatic rings. The number of rotatable bonds is 8. The Kier molecular flexibility index (Phi) is 15.9. The zero-order chi connectivity index (χ0) is 46.0.